The number of nitrogens with one attached hydrogen (secondary N) is 1. The number of rotatable bonds is 12. The highest BCUT2D eigenvalue weighted by molar-refractivity contribution is 8.03. The molecule has 2 heterocycles. The average molecular weight is 683 g/mol. The van der Waals surface area contributed by atoms with Crippen molar-refractivity contribution in [3.8, 4) is 0 Å². The highest BCUT2D eigenvalue weighted by Gasteiger charge is 2.36. The molecule has 236 valence electrons. The molecule has 4 aromatic rings. The van der Waals surface area contributed by atoms with Crippen molar-refractivity contribution in [2.45, 2.75) is 41.4 Å². The van der Waals surface area contributed by atoms with Gasteiger partial charge in [-0.1, -0.05) is 85.0 Å². The van der Waals surface area contributed by atoms with Crippen LogP contribution in [0.3, 0.4) is 0 Å². The number of nitrogens with zero attached hydrogens (tertiary/aromatic N) is 1. The SMILES string of the molecule is CCC(=CC1Sc2ccc3ccccc3c2[NH+]1CCCS(=O)(=O)[O-])C=C1Sc2ccc3ccccc3c2N1CCCOS(=O)O. The van der Waals surface area contributed by atoms with Crippen LogP contribution >= 0.6 is 23.5 Å². The van der Waals surface area contributed by atoms with E-state index in [4.69, 9.17) is 8.74 Å². The molecule has 2 aliphatic rings. The Labute approximate surface area is 274 Å². The Bertz CT molecular complexity index is 1930. The molecule has 0 spiro atoms. The van der Waals surface area contributed by atoms with Crippen LogP contribution < -0.4 is 9.80 Å². The maximum absolute atomic E-state index is 11.5. The lowest BCUT2D eigenvalue weighted by Gasteiger charge is -2.23. The van der Waals surface area contributed by atoms with Crippen LogP contribution in [0.25, 0.3) is 21.5 Å². The van der Waals surface area contributed by atoms with Crippen LogP contribution in [0.4, 0.5) is 11.4 Å². The summed E-state index contributed by atoms with van der Waals surface area (Å²) in [6, 6.07) is 25.1. The first-order valence-corrected chi connectivity index (χ1v) is 19.1. The van der Waals surface area contributed by atoms with Gasteiger partial charge in [-0.25, -0.2) is 8.42 Å². The van der Waals surface area contributed by atoms with Crippen LogP contribution in [0.15, 0.2) is 105 Å². The normalized spacial score (nSPS) is 19.8. The fraction of sp³-hybridized carbons (Fsp3) is 0.273. The maximum Gasteiger partial charge on any atom is 0.301 e. The van der Waals surface area contributed by atoms with Gasteiger partial charge < -0.3 is 9.45 Å². The average Bonchev–Trinajstić information content (AvgIpc) is 3.55. The Kier molecular flexibility index (Phi) is 10.0. The van der Waals surface area contributed by atoms with Gasteiger partial charge in [0, 0.05) is 34.4 Å². The molecule has 0 amide bonds. The third-order valence-corrected chi connectivity index (χ3v) is 11.6. The summed E-state index contributed by atoms with van der Waals surface area (Å²) in [5.41, 5.74) is 3.43. The summed E-state index contributed by atoms with van der Waals surface area (Å²) in [6.07, 6.45) is 6.15. The summed E-state index contributed by atoms with van der Waals surface area (Å²) in [7, 11) is -4.30. The van der Waals surface area contributed by atoms with Gasteiger partial charge in [0.15, 0.2) is 11.1 Å². The van der Waals surface area contributed by atoms with Gasteiger partial charge in [0.1, 0.15) is 0 Å². The predicted molar refractivity (Wildman–Crippen MR) is 183 cm³/mol. The zero-order chi connectivity index (χ0) is 31.6. The predicted octanol–water partition coefficient (Wildman–Crippen LogP) is 6.21. The van der Waals surface area contributed by atoms with E-state index < -0.39 is 21.5 Å². The number of hydrogen-bond donors (Lipinski definition) is 2. The van der Waals surface area contributed by atoms with E-state index in [1.54, 1.807) is 23.5 Å². The van der Waals surface area contributed by atoms with Gasteiger partial charge in [-0.3, -0.25) is 13.6 Å². The Morgan fingerprint density at radius 3 is 2.42 bits per heavy atom. The number of quaternary nitrogens is 1. The van der Waals surface area contributed by atoms with E-state index in [-0.39, 0.29) is 24.2 Å². The Morgan fingerprint density at radius 2 is 1.71 bits per heavy atom. The van der Waals surface area contributed by atoms with E-state index in [0.29, 0.717) is 19.5 Å². The van der Waals surface area contributed by atoms with Gasteiger partial charge in [-0.15, -0.1) is 0 Å². The molecule has 0 saturated carbocycles. The van der Waals surface area contributed by atoms with Crippen LogP contribution in [-0.4, -0.2) is 52.6 Å². The van der Waals surface area contributed by atoms with Crippen LogP contribution in [-0.2, 0) is 25.7 Å². The van der Waals surface area contributed by atoms with Gasteiger partial charge in [0.25, 0.3) is 0 Å². The standard InChI is InChI=1S/C33H34N2O6S4/c1-2-23(21-30-34(17-7-19-41-44(36)37)32-26-11-5-3-9-24(26)13-15-28(32)42-30)22-31-35(18-8-20-45(38,39)40)33-27-12-6-4-10-25(27)14-16-29(33)43-31/h3-6,9-16,21-22,31H,2,7-8,17-20H2,1H3,(H,36,37)(H,38,39,40). The van der Waals surface area contributed by atoms with Crippen LogP contribution in [0, 0.1) is 0 Å². The molecular formula is C33H34N2O6S4. The smallest absolute Gasteiger partial charge is 0.301 e. The molecule has 6 rings (SSSR count). The largest absolute Gasteiger partial charge is 0.748 e. The van der Waals surface area contributed by atoms with E-state index in [0.717, 1.165) is 64.6 Å². The number of hydrogen-bond acceptors (Lipinski definition) is 8. The molecular weight excluding hydrogens is 649 g/mol. The fourth-order valence-corrected chi connectivity index (χ4v) is 9.39. The van der Waals surface area contributed by atoms with Crippen molar-refractivity contribution in [2.75, 3.05) is 30.3 Å². The second kappa shape index (κ2) is 14.0. The third-order valence-electron chi connectivity index (χ3n) is 8.06. The second-order valence-electron chi connectivity index (χ2n) is 10.9. The summed E-state index contributed by atoms with van der Waals surface area (Å²) in [5.74, 6) is -0.381. The molecule has 45 heavy (non-hydrogen) atoms. The number of anilines is 1. The molecule has 0 aromatic heterocycles. The molecule has 0 aliphatic carbocycles. The molecule has 0 radical (unpaired) electrons. The molecule has 3 atom stereocenters. The van der Waals surface area contributed by atoms with E-state index in [1.807, 2.05) is 24.3 Å². The van der Waals surface area contributed by atoms with Crippen molar-refractivity contribution in [3.05, 3.63) is 95.6 Å². The molecule has 12 heteroatoms. The lowest BCUT2D eigenvalue weighted by Crippen LogP contribution is -3.09. The summed E-state index contributed by atoms with van der Waals surface area (Å²) in [6.45, 7) is 3.43. The van der Waals surface area contributed by atoms with Crippen LogP contribution in [0.5, 0.6) is 0 Å². The topological polar surface area (TPSA) is 111 Å². The highest BCUT2D eigenvalue weighted by Crippen LogP contribution is 2.50. The summed E-state index contributed by atoms with van der Waals surface area (Å²) < 4.78 is 59.5. The number of allylic oxidation sites excluding steroid dienone is 2. The number of benzene rings is 4. The summed E-state index contributed by atoms with van der Waals surface area (Å²) in [5, 5.41) is 5.64. The van der Waals surface area contributed by atoms with E-state index in [2.05, 4.69) is 72.5 Å². The molecule has 0 bridgehead atoms. The Morgan fingerprint density at radius 1 is 1.02 bits per heavy atom. The highest BCUT2D eigenvalue weighted by atomic mass is 32.2. The van der Waals surface area contributed by atoms with Gasteiger partial charge in [-0.2, -0.15) is 4.21 Å². The van der Waals surface area contributed by atoms with Crippen molar-refractivity contribution in [1.82, 2.24) is 0 Å². The van der Waals surface area contributed by atoms with Gasteiger partial charge in [0.2, 0.25) is 0 Å². The van der Waals surface area contributed by atoms with Gasteiger partial charge >= 0.3 is 11.4 Å². The van der Waals surface area contributed by atoms with Crippen molar-refractivity contribution >= 4 is 77.9 Å². The van der Waals surface area contributed by atoms with Crippen LogP contribution in [0.2, 0.25) is 0 Å². The lowest BCUT2D eigenvalue weighted by atomic mass is 10.1. The molecule has 2 aliphatic heterocycles. The van der Waals surface area contributed by atoms with E-state index in [9.17, 15) is 17.2 Å². The zero-order valence-corrected chi connectivity index (χ0v) is 27.9. The van der Waals surface area contributed by atoms with Crippen molar-refractivity contribution in [2.24, 2.45) is 0 Å². The molecule has 0 fully saturated rings. The second-order valence-corrected chi connectivity index (χ2v) is 15.4. The van der Waals surface area contributed by atoms with Crippen LogP contribution in [0.1, 0.15) is 26.2 Å². The summed E-state index contributed by atoms with van der Waals surface area (Å²) in [4.78, 5) is 5.75. The van der Waals surface area contributed by atoms with E-state index in [1.165, 1.54) is 0 Å². The Balaban J connectivity index is 1.35. The van der Waals surface area contributed by atoms with Crippen molar-refractivity contribution in [1.29, 1.82) is 0 Å². The zero-order valence-electron chi connectivity index (χ0n) is 24.7. The fourth-order valence-electron chi connectivity index (χ4n) is 6.05. The van der Waals surface area contributed by atoms with Gasteiger partial charge in [0.05, 0.1) is 38.9 Å². The first kappa shape index (κ1) is 32.3. The van der Waals surface area contributed by atoms with Crippen molar-refractivity contribution < 1.29 is 30.8 Å². The minimum Gasteiger partial charge on any atom is -0.748 e. The third kappa shape index (κ3) is 7.34. The van der Waals surface area contributed by atoms with Gasteiger partial charge in [-0.05, 0) is 59.5 Å². The lowest BCUT2D eigenvalue weighted by molar-refractivity contribution is -0.834. The molecule has 0 saturated heterocycles. The molecule has 8 nitrogen and oxygen atoms in total. The minimum absolute atomic E-state index is 0.00274. The quantitative estimate of drug-likeness (QED) is 0.102. The first-order chi connectivity index (χ1) is 21.7. The molecule has 2 N–H and O–H groups in total. The number of fused-ring (bicyclic) bond motifs is 6. The maximum atomic E-state index is 11.5. The molecule has 4 aromatic carbocycles. The van der Waals surface area contributed by atoms with Crippen molar-refractivity contribution in [3.63, 3.8) is 0 Å². The monoisotopic (exact) mass is 682 g/mol. The molecule has 3 unspecified atom stereocenters. The summed E-state index contributed by atoms with van der Waals surface area (Å²) >= 11 is 1.18. The minimum atomic E-state index is -4.30. The van der Waals surface area contributed by atoms with E-state index >= 15 is 0 Å². The first-order valence-electron chi connectivity index (χ1n) is 14.8. The number of thioether (sulfide) groups is 2. The Hall–Kier alpha value is -2.68.